The lowest BCUT2D eigenvalue weighted by atomic mass is 10.2. The van der Waals surface area contributed by atoms with Gasteiger partial charge in [-0.3, -0.25) is 9.59 Å². The molecule has 3 rings (SSSR count). The monoisotopic (exact) mass is 356 g/mol. The predicted molar refractivity (Wildman–Crippen MR) is 101 cm³/mol. The molecule has 130 valence electrons. The van der Waals surface area contributed by atoms with Crippen LogP contribution in [0.4, 0.5) is 11.4 Å². The van der Waals surface area contributed by atoms with Gasteiger partial charge in [-0.05, 0) is 42.3 Å². The molecule has 0 saturated carbocycles. The summed E-state index contributed by atoms with van der Waals surface area (Å²) in [5.74, 6) is 1.21. The van der Waals surface area contributed by atoms with Crippen molar-refractivity contribution in [2.75, 3.05) is 35.4 Å². The summed E-state index contributed by atoms with van der Waals surface area (Å²) in [7, 11) is 1.60. The van der Waals surface area contributed by atoms with Crippen LogP contribution in [0.25, 0.3) is 0 Å². The number of benzene rings is 2. The Bertz CT molecular complexity index is 762. The van der Waals surface area contributed by atoms with Crippen molar-refractivity contribution in [3.8, 4) is 5.75 Å². The molecule has 1 heterocycles. The number of carbonyl (C=O) groups is 2. The molecule has 1 aliphatic rings. The van der Waals surface area contributed by atoms with Crippen molar-refractivity contribution >= 4 is 35.0 Å². The average molecular weight is 356 g/mol. The Kier molecular flexibility index (Phi) is 5.60. The van der Waals surface area contributed by atoms with Crippen LogP contribution in [0, 0.1) is 0 Å². The van der Waals surface area contributed by atoms with Crippen molar-refractivity contribution in [3.05, 3.63) is 54.1 Å². The Balaban J connectivity index is 1.44. The van der Waals surface area contributed by atoms with E-state index in [2.05, 4.69) is 11.4 Å². The standard InChI is InChI=1S/C19H20N2O3S/c1-24-16-8-6-15(7-9-16)20-18(22)12-25-13-19(23)21-11-10-14-4-2-3-5-17(14)21/h2-9H,10-13H2,1H3,(H,20,22). The Morgan fingerprint density at radius 1 is 1.12 bits per heavy atom. The first kappa shape index (κ1) is 17.4. The van der Waals surface area contributed by atoms with Gasteiger partial charge in [0, 0.05) is 17.9 Å². The maximum atomic E-state index is 12.4. The van der Waals surface area contributed by atoms with E-state index < -0.39 is 0 Å². The van der Waals surface area contributed by atoms with Gasteiger partial charge < -0.3 is 15.0 Å². The lowest BCUT2D eigenvalue weighted by molar-refractivity contribution is -0.116. The fourth-order valence-corrected chi connectivity index (χ4v) is 3.47. The molecule has 0 aromatic heterocycles. The number of hydrogen-bond acceptors (Lipinski definition) is 4. The number of carbonyl (C=O) groups excluding carboxylic acids is 2. The van der Waals surface area contributed by atoms with Gasteiger partial charge in [0.1, 0.15) is 5.75 Å². The maximum Gasteiger partial charge on any atom is 0.237 e. The van der Waals surface area contributed by atoms with Crippen LogP contribution in [-0.2, 0) is 16.0 Å². The first-order chi connectivity index (χ1) is 12.2. The molecule has 0 bridgehead atoms. The lowest BCUT2D eigenvalue weighted by Crippen LogP contribution is -2.31. The van der Waals surface area contributed by atoms with Gasteiger partial charge in [-0.25, -0.2) is 0 Å². The second kappa shape index (κ2) is 8.07. The van der Waals surface area contributed by atoms with E-state index in [4.69, 9.17) is 4.74 Å². The number of nitrogens with one attached hydrogen (secondary N) is 1. The van der Waals surface area contributed by atoms with Gasteiger partial charge in [-0.1, -0.05) is 18.2 Å². The molecule has 0 saturated heterocycles. The molecule has 1 N–H and O–H groups in total. The minimum atomic E-state index is -0.121. The van der Waals surface area contributed by atoms with Gasteiger partial charge in [0.2, 0.25) is 11.8 Å². The zero-order valence-corrected chi connectivity index (χ0v) is 14.8. The molecule has 25 heavy (non-hydrogen) atoms. The van der Waals surface area contributed by atoms with Crippen LogP contribution in [-0.4, -0.2) is 37.0 Å². The fourth-order valence-electron chi connectivity index (χ4n) is 2.78. The van der Waals surface area contributed by atoms with Gasteiger partial charge in [0.15, 0.2) is 0 Å². The highest BCUT2D eigenvalue weighted by atomic mass is 32.2. The topological polar surface area (TPSA) is 58.6 Å². The minimum absolute atomic E-state index is 0.0483. The fraction of sp³-hybridized carbons (Fsp3) is 0.263. The van der Waals surface area contributed by atoms with Crippen molar-refractivity contribution < 1.29 is 14.3 Å². The first-order valence-corrected chi connectivity index (χ1v) is 9.23. The quantitative estimate of drug-likeness (QED) is 0.865. The molecule has 0 atom stereocenters. The molecule has 1 aliphatic heterocycles. The molecule has 2 aromatic carbocycles. The van der Waals surface area contributed by atoms with Crippen LogP contribution in [0.15, 0.2) is 48.5 Å². The molecule has 2 aromatic rings. The summed E-state index contributed by atoms with van der Waals surface area (Å²) in [6.07, 6.45) is 0.893. The van der Waals surface area contributed by atoms with Crippen LogP contribution < -0.4 is 15.0 Å². The third-order valence-electron chi connectivity index (χ3n) is 4.02. The smallest absolute Gasteiger partial charge is 0.237 e. The molecular formula is C19H20N2O3S. The summed E-state index contributed by atoms with van der Waals surface area (Å²) in [6.45, 7) is 0.719. The highest BCUT2D eigenvalue weighted by molar-refractivity contribution is 8.00. The van der Waals surface area contributed by atoms with Gasteiger partial charge in [0.25, 0.3) is 0 Å². The number of methoxy groups -OCH3 is 1. The second-order valence-corrected chi connectivity index (χ2v) is 6.68. The molecule has 5 nitrogen and oxygen atoms in total. The Hall–Kier alpha value is -2.47. The van der Waals surface area contributed by atoms with E-state index in [0.29, 0.717) is 11.4 Å². The highest BCUT2D eigenvalue weighted by Crippen LogP contribution is 2.27. The number of para-hydroxylation sites is 1. The van der Waals surface area contributed by atoms with Gasteiger partial charge >= 0.3 is 0 Å². The zero-order valence-electron chi connectivity index (χ0n) is 14.0. The molecule has 0 spiro atoms. The summed E-state index contributed by atoms with van der Waals surface area (Å²) in [5, 5.41) is 2.81. The summed E-state index contributed by atoms with van der Waals surface area (Å²) in [5.41, 5.74) is 2.92. The summed E-state index contributed by atoms with van der Waals surface area (Å²) >= 11 is 1.33. The Morgan fingerprint density at radius 3 is 2.64 bits per heavy atom. The molecular weight excluding hydrogens is 336 g/mol. The Labute approximate surface area is 151 Å². The molecule has 0 unspecified atom stereocenters. The Morgan fingerprint density at radius 2 is 1.88 bits per heavy atom. The van der Waals surface area contributed by atoms with Crippen molar-refractivity contribution in [1.29, 1.82) is 0 Å². The number of rotatable bonds is 6. The number of fused-ring (bicyclic) bond motifs is 1. The number of amides is 2. The third kappa shape index (κ3) is 4.33. The number of nitrogens with zero attached hydrogens (tertiary/aromatic N) is 1. The van der Waals surface area contributed by atoms with Crippen molar-refractivity contribution in [2.45, 2.75) is 6.42 Å². The summed E-state index contributed by atoms with van der Waals surface area (Å²) in [6, 6.07) is 15.1. The van der Waals surface area contributed by atoms with E-state index in [1.54, 1.807) is 31.4 Å². The largest absolute Gasteiger partial charge is 0.497 e. The number of thioether (sulfide) groups is 1. The number of anilines is 2. The molecule has 0 radical (unpaired) electrons. The summed E-state index contributed by atoms with van der Waals surface area (Å²) < 4.78 is 5.08. The average Bonchev–Trinajstić information content (AvgIpc) is 3.06. The normalized spacial score (nSPS) is 12.6. The predicted octanol–water partition coefficient (Wildman–Crippen LogP) is 2.96. The minimum Gasteiger partial charge on any atom is -0.497 e. The second-order valence-electron chi connectivity index (χ2n) is 5.69. The van der Waals surface area contributed by atoms with Gasteiger partial charge in [-0.2, -0.15) is 0 Å². The molecule has 6 heteroatoms. The highest BCUT2D eigenvalue weighted by Gasteiger charge is 2.23. The SMILES string of the molecule is COc1ccc(NC(=O)CSCC(=O)N2CCc3ccccc32)cc1. The zero-order chi connectivity index (χ0) is 17.6. The molecule has 0 fully saturated rings. The van der Waals surface area contributed by atoms with Crippen LogP contribution in [0.1, 0.15) is 5.56 Å². The van der Waals surface area contributed by atoms with E-state index >= 15 is 0 Å². The number of hydrogen-bond donors (Lipinski definition) is 1. The van der Waals surface area contributed by atoms with E-state index in [1.165, 1.54) is 17.3 Å². The van der Waals surface area contributed by atoms with Crippen molar-refractivity contribution in [3.63, 3.8) is 0 Å². The third-order valence-corrected chi connectivity index (χ3v) is 4.94. The van der Waals surface area contributed by atoms with E-state index in [-0.39, 0.29) is 17.6 Å². The van der Waals surface area contributed by atoms with E-state index in [9.17, 15) is 9.59 Å². The van der Waals surface area contributed by atoms with E-state index in [1.807, 2.05) is 23.1 Å². The van der Waals surface area contributed by atoms with Crippen LogP contribution >= 0.6 is 11.8 Å². The van der Waals surface area contributed by atoms with Crippen LogP contribution in [0.3, 0.4) is 0 Å². The van der Waals surface area contributed by atoms with Crippen LogP contribution in [0.2, 0.25) is 0 Å². The lowest BCUT2D eigenvalue weighted by Gasteiger charge is -2.17. The van der Waals surface area contributed by atoms with Gasteiger partial charge in [-0.15, -0.1) is 11.8 Å². The van der Waals surface area contributed by atoms with Crippen molar-refractivity contribution in [1.82, 2.24) is 0 Å². The molecule has 0 aliphatic carbocycles. The first-order valence-electron chi connectivity index (χ1n) is 8.07. The van der Waals surface area contributed by atoms with Crippen molar-refractivity contribution in [2.24, 2.45) is 0 Å². The van der Waals surface area contributed by atoms with Crippen LogP contribution in [0.5, 0.6) is 5.75 Å². The van der Waals surface area contributed by atoms with E-state index in [0.717, 1.165) is 24.4 Å². The molecule has 2 amide bonds. The maximum absolute atomic E-state index is 12.4. The summed E-state index contributed by atoms with van der Waals surface area (Å²) in [4.78, 5) is 26.2. The number of ether oxygens (including phenoxy) is 1. The van der Waals surface area contributed by atoms with Gasteiger partial charge in [0.05, 0.1) is 18.6 Å².